The highest BCUT2D eigenvalue weighted by Crippen LogP contribution is 2.34. The van der Waals surface area contributed by atoms with Crippen LogP contribution in [0.15, 0.2) is 97.8 Å². The maximum absolute atomic E-state index is 4.68. The van der Waals surface area contributed by atoms with Crippen LogP contribution in [0.3, 0.4) is 0 Å². The minimum absolute atomic E-state index is 0.712. The van der Waals surface area contributed by atoms with Gasteiger partial charge in [-0.3, -0.25) is 9.97 Å². The van der Waals surface area contributed by atoms with E-state index in [4.69, 9.17) is 0 Å². The number of aromatic nitrogens is 5. The van der Waals surface area contributed by atoms with Crippen molar-refractivity contribution >= 4 is 33.3 Å². The van der Waals surface area contributed by atoms with Crippen LogP contribution in [0.1, 0.15) is 0 Å². The number of anilines is 2. The van der Waals surface area contributed by atoms with Crippen LogP contribution in [0, 0.1) is 0 Å². The Kier molecular flexibility index (Phi) is 4.80. The number of likely N-dealkylation sites (N-methyl/N-ethyl adjacent to an activating group) is 1. The molecule has 4 heterocycles. The minimum atomic E-state index is 0.712. The molecule has 0 saturated heterocycles. The molecule has 0 unspecified atom stereocenters. The summed E-state index contributed by atoms with van der Waals surface area (Å²) < 4.78 is 2.14. The number of hydrogen-bond donors (Lipinski definition) is 0. The maximum Gasteiger partial charge on any atom is 0.115 e. The van der Waals surface area contributed by atoms with Gasteiger partial charge in [0.15, 0.2) is 0 Å². The lowest BCUT2D eigenvalue weighted by Gasteiger charge is -2.30. The van der Waals surface area contributed by atoms with Crippen molar-refractivity contribution in [1.82, 2.24) is 24.5 Å². The number of aryl methyl sites for hydroxylation is 1. The Hall–Kier alpha value is -4.52. The smallest absolute Gasteiger partial charge is 0.115 e. The lowest BCUT2D eigenvalue weighted by Crippen LogP contribution is -2.30. The van der Waals surface area contributed by atoms with E-state index in [-0.39, 0.29) is 0 Å². The summed E-state index contributed by atoms with van der Waals surface area (Å²) >= 11 is 0. The second-order valence-corrected chi connectivity index (χ2v) is 8.40. The Morgan fingerprint density at radius 3 is 2.71 bits per heavy atom. The zero-order valence-electron chi connectivity index (χ0n) is 19.0. The molecular weight excluding hydrogens is 422 g/mol. The lowest BCUT2D eigenvalue weighted by molar-refractivity contribution is 0.933. The van der Waals surface area contributed by atoms with Gasteiger partial charge in [0.25, 0.3) is 0 Å². The molecule has 0 spiro atoms. The van der Waals surface area contributed by atoms with Crippen LogP contribution in [0.4, 0.5) is 11.4 Å². The summed E-state index contributed by atoms with van der Waals surface area (Å²) in [7, 11) is 4.16. The topological polar surface area (TPSA) is 63.0 Å². The molecule has 0 bridgehead atoms. The standard InChI is InChI=1S/C27H23N7/c1-32-11-7-19-5-6-20(12-26(19)32)24-13-22(14-25-27(24)31-9-8-30-25)33(2)21-4-3-10-34(17-21)23-15-28-18-29-16-23/h3-16,18H,17H2,1-2H3. The lowest BCUT2D eigenvalue weighted by atomic mass is 10.0. The Labute approximate surface area is 197 Å². The molecule has 6 rings (SSSR count). The van der Waals surface area contributed by atoms with Crippen LogP contribution >= 0.6 is 0 Å². The van der Waals surface area contributed by atoms with Crippen molar-refractivity contribution in [2.24, 2.45) is 7.05 Å². The van der Waals surface area contributed by atoms with Crippen molar-refractivity contribution in [1.29, 1.82) is 0 Å². The van der Waals surface area contributed by atoms with E-state index in [1.807, 2.05) is 24.7 Å². The van der Waals surface area contributed by atoms with Crippen molar-refractivity contribution in [3.05, 3.63) is 97.8 Å². The number of hydrogen-bond acceptors (Lipinski definition) is 6. The Bertz CT molecular complexity index is 1570. The largest absolute Gasteiger partial charge is 0.351 e. The summed E-state index contributed by atoms with van der Waals surface area (Å²) in [5.74, 6) is 0. The van der Waals surface area contributed by atoms with Crippen molar-refractivity contribution in [2.75, 3.05) is 23.4 Å². The zero-order chi connectivity index (χ0) is 23.1. The first-order chi connectivity index (χ1) is 16.7. The van der Waals surface area contributed by atoms with Crippen LogP contribution in [0.5, 0.6) is 0 Å². The van der Waals surface area contributed by atoms with E-state index in [2.05, 4.69) is 97.1 Å². The van der Waals surface area contributed by atoms with E-state index in [0.717, 1.165) is 39.2 Å². The van der Waals surface area contributed by atoms with Crippen LogP contribution < -0.4 is 9.80 Å². The van der Waals surface area contributed by atoms with Gasteiger partial charge in [0, 0.05) is 61.4 Å². The summed E-state index contributed by atoms with van der Waals surface area (Å²) in [6, 6.07) is 13.0. The fraction of sp³-hybridized carbons (Fsp3) is 0.111. The highest BCUT2D eigenvalue weighted by atomic mass is 15.2. The molecule has 1 aliphatic rings. The van der Waals surface area contributed by atoms with Crippen molar-refractivity contribution < 1.29 is 0 Å². The molecule has 7 heteroatoms. The fourth-order valence-electron chi connectivity index (χ4n) is 4.44. The summed E-state index contributed by atoms with van der Waals surface area (Å²) in [4.78, 5) is 22.0. The highest BCUT2D eigenvalue weighted by molar-refractivity contribution is 5.97. The molecule has 0 N–H and O–H groups in total. The fourth-order valence-corrected chi connectivity index (χ4v) is 4.44. The minimum Gasteiger partial charge on any atom is -0.351 e. The first-order valence-corrected chi connectivity index (χ1v) is 11.1. The number of benzene rings is 2. The molecule has 0 radical (unpaired) electrons. The summed E-state index contributed by atoms with van der Waals surface area (Å²) in [6.45, 7) is 0.712. The molecule has 0 fully saturated rings. The van der Waals surface area contributed by atoms with E-state index >= 15 is 0 Å². The molecule has 34 heavy (non-hydrogen) atoms. The second-order valence-electron chi connectivity index (χ2n) is 8.40. The number of fused-ring (bicyclic) bond motifs is 2. The van der Waals surface area contributed by atoms with E-state index in [1.54, 1.807) is 18.7 Å². The van der Waals surface area contributed by atoms with Crippen molar-refractivity contribution in [2.45, 2.75) is 0 Å². The molecule has 2 aromatic carbocycles. The summed E-state index contributed by atoms with van der Waals surface area (Å²) in [5.41, 5.74) is 8.31. The monoisotopic (exact) mass is 445 g/mol. The summed E-state index contributed by atoms with van der Waals surface area (Å²) in [6.07, 6.45) is 17.0. The van der Waals surface area contributed by atoms with Crippen molar-refractivity contribution in [3.63, 3.8) is 0 Å². The first kappa shape index (κ1) is 20.1. The quantitative estimate of drug-likeness (QED) is 0.391. The summed E-state index contributed by atoms with van der Waals surface area (Å²) in [5, 5.41) is 1.22. The van der Waals surface area contributed by atoms with E-state index < -0.39 is 0 Å². The van der Waals surface area contributed by atoms with Gasteiger partial charge in [0.05, 0.1) is 35.7 Å². The Morgan fingerprint density at radius 2 is 1.82 bits per heavy atom. The third kappa shape index (κ3) is 3.47. The van der Waals surface area contributed by atoms with Gasteiger partial charge in [-0.15, -0.1) is 0 Å². The number of allylic oxidation sites excluding steroid dienone is 2. The molecule has 166 valence electrons. The molecule has 0 saturated carbocycles. The first-order valence-electron chi connectivity index (χ1n) is 11.1. The molecule has 0 aliphatic carbocycles. The SMILES string of the molecule is CN(C1=CC=CN(c2cncnc2)C1)c1cc(-c2ccc3ccn(C)c3c2)c2nccnc2c1. The van der Waals surface area contributed by atoms with Gasteiger partial charge < -0.3 is 14.4 Å². The zero-order valence-corrected chi connectivity index (χ0v) is 19.0. The van der Waals surface area contributed by atoms with E-state index in [1.165, 1.54) is 10.9 Å². The van der Waals surface area contributed by atoms with Crippen LogP contribution in [-0.4, -0.2) is 38.1 Å². The maximum atomic E-state index is 4.68. The van der Waals surface area contributed by atoms with Crippen LogP contribution in [0.25, 0.3) is 33.1 Å². The second kappa shape index (κ2) is 8.12. The van der Waals surface area contributed by atoms with Gasteiger partial charge in [0.1, 0.15) is 6.33 Å². The van der Waals surface area contributed by atoms with Gasteiger partial charge in [-0.1, -0.05) is 12.1 Å². The molecular formula is C27H23N7. The Balaban J connectivity index is 1.42. The van der Waals surface area contributed by atoms with Crippen LogP contribution in [0.2, 0.25) is 0 Å². The van der Waals surface area contributed by atoms with Crippen molar-refractivity contribution in [3.8, 4) is 11.1 Å². The molecule has 3 aromatic heterocycles. The highest BCUT2D eigenvalue weighted by Gasteiger charge is 2.17. The van der Waals surface area contributed by atoms with Gasteiger partial charge in [-0.05, 0) is 47.4 Å². The third-order valence-electron chi connectivity index (χ3n) is 6.34. The molecule has 1 aliphatic heterocycles. The van der Waals surface area contributed by atoms with E-state index in [9.17, 15) is 0 Å². The molecule has 0 amide bonds. The predicted octanol–water partition coefficient (Wildman–Crippen LogP) is 4.93. The Morgan fingerprint density at radius 1 is 0.971 bits per heavy atom. The van der Waals surface area contributed by atoms with E-state index in [0.29, 0.717) is 6.54 Å². The van der Waals surface area contributed by atoms with Gasteiger partial charge >= 0.3 is 0 Å². The number of nitrogens with zero attached hydrogens (tertiary/aromatic N) is 7. The molecule has 7 nitrogen and oxygen atoms in total. The average Bonchev–Trinajstić information content (AvgIpc) is 3.28. The van der Waals surface area contributed by atoms with Gasteiger partial charge in [-0.2, -0.15) is 0 Å². The predicted molar refractivity (Wildman–Crippen MR) is 136 cm³/mol. The normalized spacial score (nSPS) is 13.5. The molecule has 0 atom stereocenters. The van der Waals surface area contributed by atoms with Crippen LogP contribution in [-0.2, 0) is 7.05 Å². The number of rotatable bonds is 4. The third-order valence-corrected chi connectivity index (χ3v) is 6.34. The molecule has 5 aromatic rings. The average molecular weight is 446 g/mol. The van der Waals surface area contributed by atoms with Gasteiger partial charge in [-0.25, -0.2) is 9.97 Å². The van der Waals surface area contributed by atoms with Gasteiger partial charge in [0.2, 0.25) is 0 Å².